The Hall–Kier alpha value is -1.96. The number of Topliss-reactive ketones (excluding diaryl/α,β-unsaturated/α-hetero) is 1. The molecule has 0 N–H and O–H groups in total. The maximum Gasteiger partial charge on any atom is 0.163 e. The van der Waals surface area contributed by atoms with Crippen molar-refractivity contribution < 1.29 is 9.18 Å². The van der Waals surface area contributed by atoms with Crippen molar-refractivity contribution in [1.29, 1.82) is 0 Å². The van der Waals surface area contributed by atoms with E-state index >= 15 is 0 Å². The average molecular weight is 226 g/mol. The van der Waals surface area contributed by atoms with Gasteiger partial charge in [0.2, 0.25) is 0 Å². The summed E-state index contributed by atoms with van der Waals surface area (Å²) in [5.74, 6) is -0.0325. The summed E-state index contributed by atoms with van der Waals surface area (Å²) in [6, 6.07) is 12.2. The number of benzene rings is 2. The Balaban J connectivity index is 2.08. The number of carbonyl (C=O) groups is 1. The highest BCUT2D eigenvalue weighted by molar-refractivity contribution is 6.01. The average Bonchev–Trinajstić information content (AvgIpc) is 2.72. The number of halogens is 1. The highest BCUT2D eigenvalue weighted by atomic mass is 19.1. The predicted molar refractivity (Wildman–Crippen MR) is 64.5 cm³/mol. The topological polar surface area (TPSA) is 17.1 Å². The van der Waals surface area contributed by atoms with Gasteiger partial charge >= 0.3 is 0 Å². The molecule has 0 amide bonds. The number of fused-ring (bicyclic) bond motifs is 1. The molecule has 1 nitrogen and oxygen atoms in total. The van der Waals surface area contributed by atoms with Crippen LogP contribution in [0.3, 0.4) is 0 Å². The maximum absolute atomic E-state index is 12.8. The molecule has 3 rings (SSSR count). The van der Waals surface area contributed by atoms with E-state index in [1.807, 2.05) is 18.2 Å². The summed E-state index contributed by atoms with van der Waals surface area (Å²) >= 11 is 0. The van der Waals surface area contributed by atoms with E-state index in [1.54, 1.807) is 12.1 Å². The first-order valence-electron chi connectivity index (χ1n) is 5.66. The van der Waals surface area contributed by atoms with Crippen LogP contribution in [0.25, 0.3) is 11.1 Å². The summed E-state index contributed by atoms with van der Waals surface area (Å²) in [7, 11) is 0. The monoisotopic (exact) mass is 226 g/mol. The van der Waals surface area contributed by atoms with Gasteiger partial charge < -0.3 is 0 Å². The van der Waals surface area contributed by atoms with Crippen molar-refractivity contribution >= 4 is 5.78 Å². The van der Waals surface area contributed by atoms with E-state index in [2.05, 4.69) is 0 Å². The van der Waals surface area contributed by atoms with Crippen molar-refractivity contribution in [2.24, 2.45) is 0 Å². The number of ketones is 1. The van der Waals surface area contributed by atoms with Crippen molar-refractivity contribution in [1.82, 2.24) is 0 Å². The summed E-state index contributed by atoms with van der Waals surface area (Å²) < 4.78 is 12.8. The molecule has 2 heteroatoms. The second kappa shape index (κ2) is 3.81. The number of hydrogen-bond donors (Lipinski definition) is 0. The first-order chi connectivity index (χ1) is 8.24. The Bertz CT molecular complexity index is 584. The van der Waals surface area contributed by atoms with E-state index in [0.717, 1.165) is 28.7 Å². The van der Waals surface area contributed by atoms with Crippen LogP contribution >= 0.6 is 0 Å². The molecule has 2 aromatic rings. The van der Waals surface area contributed by atoms with Crippen LogP contribution in [-0.4, -0.2) is 5.78 Å². The fourth-order valence-corrected chi connectivity index (χ4v) is 2.26. The van der Waals surface area contributed by atoms with E-state index in [0.29, 0.717) is 6.42 Å². The van der Waals surface area contributed by atoms with Gasteiger partial charge in [0.05, 0.1) is 0 Å². The van der Waals surface area contributed by atoms with Gasteiger partial charge in [-0.25, -0.2) is 4.39 Å². The molecule has 1 aliphatic rings. The van der Waals surface area contributed by atoms with Crippen LogP contribution in [0.5, 0.6) is 0 Å². The molecule has 2 aromatic carbocycles. The van der Waals surface area contributed by atoms with Gasteiger partial charge in [-0.3, -0.25) is 4.79 Å². The molecule has 0 unspecified atom stereocenters. The first kappa shape index (κ1) is 10.2. The van der Waals surface area contributed by atoms with E-state index in [4.69, 9.17) is 0 Å². The number of carbonyl (C=O) groups excluding carboxylic acids is 1. The van der Waals surface area contributed by atoms with Crippen molar-refractivity contribution in [2.45, 2.75) is 12.8 Å². The molecule has 0 aliphatic heterocycles. The minimum absolute atomic E-state index is 0.212. The molecular formula is C15H11FO. The van der Waals surface area contributed by atoms with Crippen LogP contribution in [0.2, 0.25) is 0 Å². The fourth-order valence-electron chi connectivity index (χ4n) is 2.26. The Kier molecular flexibility index (Phi) is 2.29. The van der Waals surface area contributed by atoms with Gasteiger partial charge in [0.15, 0.2) is 5.78 Å². The summed E-state index contributed by atoms with van der Waals surface area (Å²) in [4.78, 5) is 11.6. The third-order valence-corrected chi connectivity index (χ3v) is 3.21. The Morgan fingerprint density at radius 1 is 0.882 bits per heavy atom. The van der Waals surface area contributed by atoms with Gasteiger partial charge in [-0.15, -0.1) is 0 Å². The van der Waals surface area contributed by atoms with Crippen molar-refractivity contribution in [3.8, 4) is 11.1 Å². The minimum Gasteiger partial charge on any atom is -0.294 e. The third kappa shape index (κ3) is 1.76. The summed E-state index contributed by atoms with van der Waals surface area (Å²) in [5.41, 5.74) is 3.86. The summed E-state index contributed by atoms with van der Waals surface area (Å²) in [6.45, 7) is 0. The van der Waals surface area contributed by atoms with Crippen molar-refractivity contribution in [2.75, 3.05) is 0 Å². The van der Waals surface area contributed by atoms with Crippen molar-refractivity contribution in [3.05, 3.63) is 59.4 Å². The quantitative estimate of drug-likeness (QED) is 0.725. The SMILES string of the molecule is O=C1CCc2ccc(-c3ccc(F)cc3)cc21. The summed E-state index contributed by atoms with van der Waals surface area (Å²) in [5, 5.41) is 0. The molecule has 84 valence electrons. The molecular weight excluding hydrogens is 215 g/mol. The molecule has 0 saturated carbocycles. The molecule has 1 aliphatic carbocycles. The zero-order valence-electron chi connectivity index (χ0n) is 9.24. The van der Waals surface area contributed by atoms with Crippen LogP contribution in [0.4, 0.5) is 4.39 Å². The molecule has 0 heterocycles. The third-order valence-electron chi connectivity index (χ3n) is 3.21. The van der Waals surface area contributed by atoms with Crippen molar-refractivity contribution in [3.63, 3.8) is 0 Å². The normalized spacial score (nSPS) is 13.8. The highest BCUT2D eigenvalue weighted by Crippen LogP contribution is 2.28. The van der Waals surface area contributed by atoms with E-state index in [9.17, 15) is 9.18 Å². The van der Waals surface area contributed by atoms with E-state index < -0.39 is 0 Å². The van der Waals surface area contributed by atoms with Gasteiger partial charge in [0.1, 0.15) is 5.82 Å². The zero-order chi connectivity index (χ0) is 11.8. The number of hydrogen-bond acceptors (Lipinski definition) is 1. The molecule has 0 spiro atoms. The largest absolute Gasteiger partial charge is 0.294 e. The lowest BCUT2D eigenvalue weighted by Crippen LogP contribution is -1.91. The second-order valence-corrected chi connectivity index (χ2v) is 4.30. The molecule has 0 radical (unpaired) electrons. The van der Waals surface area contributed by atoms with Gasteiger partial charge in [-0.2, -0.15) is 0 Å². The van der Waals surface area contributed by atoms with E-state index in [-0.39, 0.29) is 11.6 Å². The lowest BCUT2D eigenvalue weighted by molar-refractivity contribution is 0.0994. The molecule has 17 heavy (non-hydrogen) atoms. The molecule has 0 fully saturated rings. The minimum atomic E-state index is -0.244. The predicted octanol–water partition coefficient (Wildman–Crippen LogP) is 3.62. The fraction of sp³-hybridized carbons (Fsp3) is 0.133. The lowest BCUT2D eigenvalue weighted by Gasteiger charge is -2.04. The van der Waals surface area contributed by atoms with Crippen LogP contribution in [0.1, 0.15) is 22.3 Å². The van der Waals surface area contributed by atoms with Crippen LogP contribution < -0.4 is 0 Å². The molecule has 0 saturated heterocycles. The van der Waals surface area contributed by atoms with Gasteiger partial charge in [-0.05, 0) is 41.3 Å². The van der Waals surface area contributed by atoms with E-state index in [1.165, 1.54) is 12.1 Å². The molecule has 0 atom stereocenters. The Morgan fingerprint density at radius 2 is 1.59 bits per heavy atom. The van der Waals surface area contributed by atoms with Gasteiger partial charge in [0.25, 0.3) is 0 Å². The molecule has 0 aromatic heterocycles. The van der Waals surface area contributed by atoms with Crippen LogP contribution in [-0.2, 0) is 6.42 Å². The van der Waals surface area contributed by atoms with Crippen LogP contribution in [0.15, 0.2) is 42.5 Å². The number of rotatable bonds is 1. The Morgan fingerprint density at radius 3 is 2.35 bits per heavy atom. The highest BCUT2D eigenvalue weighted by Gasteiger charge is 2.19. The zero-order valence-corrected chi connectivity index (χ0v) is 9.24. The summed E-state index contributed by atoms with van der Waals surface area (Å²) in [6.07, 6.45) is 1.46. The first-order valence-corrected chi connectivity index (χ1v) is 5.66. The standard InChI is InChI=1S/C15H11FO/c16-13-6-3-10(4-7-13)12-2-1-11-5-8-15(17)14(11)9-12/h1-4,6-7,9H,5,8H2. The van der Waals surface area contributed by atoms with Gasteiger partial charge in [-0.1, -0.05) is 24.3 Å². The van der Waals surface area contributed by atoms with Crippen LogP contribution in [0, 0.1) is 5.82 Å². The van der Waals surface area contributed by atoms with Gasteiger partial charge in [0, 0.05) is 12.0 Å². The second-order valence-electron chi connectivity index (χ2n) is 4.30. The smallest absolute Gasteiger partial charge is 0.163 e. The molecule has 0 bridgehead atoms. The maximum atomic E-state index is 12.8. The Labute approximate surface area is 98.9 Å². The number of aryl methyl sites for hydroxylation is 1. The lowest BCUT2D eigenvalue weighted by atomic mass is 10.0.